The lowest BCUT2D eigenvalue weighted by Gasteiger charge is -2.62. The highest BCUT2D eigenvalue weighted by atomic mass is 127. The molecule has 3 rings (SSSR count). The summed E-state index contributed by atoms with van der Waals surface area (Å²) in [6, 6.07) is 8.61. The zero-order valence-corrected chi connectivity index (χ0v) is 21.0. The van der Waals surface area contributed by atoms with Crippen molar-refractivity contribution in [3.8, 4) is 0 Å². The molecular weight excluding hydrogens is 477 g/mol. The van der Waals surface area contributed by atoms with Crippen molar-refractivity contribution in [3.63, 3.8) is 0 Å². The number of nitrogens with one attached hydrogen (secondary N) is 1. The molecule has 2 fully saturated rings. The van der Waals surface area contributed by atoms with E-state index < -0.39 is 0 Å². The molecular formula is C23H38IN3O2. The lowest BCUT2D eigenvalue weighted by molar-refractivity contribution is -0.0667. The second-order valence-electron chi connectivity index (χ2n) is 9.14. The van der Waals surface area contributed by atoms with Crippen molar-refractivity contribution in [3.05, 3.63) is 35.4 Å². The van der Waals surface area contributed by atoms with Gasteiger partial charge in [0.1, 0.15) is 0 Å². The summed E-state index contributed by atoms with van der Waals surface area (Å²) in [5.41, 5.74) is 2.84. The normalized spacial score (nSPS) is 21.3. The zero-order valence-electron chi connectivity index (χ0n) is 18.7. The van der Waals surface area contributed by atoms with Crippen molar-refractivity contribution in [2.45, 2.75) is 72.3 Å². The summed E-state index contributed by atoms with van der Waals surface area (Å²) in [4.78, 5) is 7.33. The van der Waals surface area contributed by atoms with Gasteiger partial charge in [-0.15, -0.1) is 24.0 Å². The summed E-state index contributed by atoms with van der Waals surface area (Å²) in [6.07, 6.45) is 2.32. The third kappa shape index (κ3) is 5.85. The smallest absolute Gasteiger partial charge is 0.194 e. The number of aliphatic imine (C=N–C) groups is 1. The van der Waals surface area contributed by atoms with E-state index in [0.717, 1.165) is 45.1 Å². The molecule has 0 unspecified atom stereocenters. The largest absolute Gasteiger partial charge is 0.381 e. The van der Waals surface area contributed by atoms with Gasteiger partial charge in [-0.3, -0.25) is 0 Å². The molecule has 0 saturated carbocycles. The van der Waals surface area contributed by atoms with Crippen molar-refractivity contribution in [1.82, 2.24) is 10.2 Å². The van der Waals surface area contributed by atoms with E-state index in [1.165, 1.54) is 11.1 Å². The first kappa shape index (κ1) is 24.4. The average Bonchev–Trinajstić information content (AvgIpc) is 2.69. The molecule has 29 heavy (non-hydrogen) atoms. The topological polar surface area (TPSA) is 46.1 Å². The summed E-state index contributed by atoms with van der Waals surface area (Å²) in [7, 11) is 0. The van der Waals surface area contributed by atoms with Gasteiger partial charge in [0.25, 0.3) is 0 Å². The summed E-state index contributed by atoms with van der Waals surface area (Å²) >= 11 is 0. The van der Waals surface area contributed by atoms with Gasteiger partial charge in [-0.25, -0.2) is 4.99 Å². The Bertz CT molecular complexity index is 684. The maximum absolute atomic E-state index is 6.07. The SMILES string of the molecule is CCNC(=NCc1cccc(COC2CCOCC2)c1)N1CC(C)(C)C1(C)C.I. The molecule has 0 atom stereocenters. The van der Waals surface area contributed by atoms with E-state index in [1.54, 1.807) is 0 Å². The van der Waals surface area contributed by atoms with Crippen LogP contribution in [0.25, 0.3) is 0 Å². The standard InChI is InChI=1S/C23H37N3O2.HI/c1-6-24-21(26-17-22(2,3)23(26,4)5)25-15-18-8-7-9-19(14-18)16-28-20-10-12-27-13-11-20;/h7-9,14,20H,6,10-13,15-17H2,1-5H3,(H,24,25);1H. The van der Waals surface area contributed by atoms with Crippen LogP contribution in [-0.4, -0.2) is 48.8 Å². The molecule has 1 aromatic rings. The van der Waals surface area contributed by atoms with Crippen LogP contribution in [0.2, 0.25) is 0 Å². The minimum atomic E-state index is 0. The van der Waals surface area contributed by atoms with Crippen molar-refractivity contribution < 1.29 is 9.47 Å². The van der Waals surface area contributed by atoms with Crippen LogP contribution in [0.4, 0.5) is 0 Å². The summed E-state index contributed by atoms with van der Waals surface area (Å²) < 4.78 is 11.5. The maximum atomic E-state index is 6.07. The van der Waals surface area contributed by atoms with E-state index in [1.807, 2.05) is 0 Å². The van der Waals surface area contributed by atoms with Gasteiger partial charge in [-0.05, 0) is 44.7 Å². The summed E-state index contributed by atoms with van der Waals surface area (Å²) in [5.74, 6) is 1.01. The first-order valence-electron chi connectivity index (χ1n) is 10.7. The summed E-state index contributed by atoms with van der Waals surface area (Å²) in [5, 5.41) is 3.47. The van der Waals surface area contributed by atoms with E-state index in [4.69, 9.17) is 14.5 Å². The Morgan fingerprint density at radius 1 is 1.21 bits per heavy atom. The fourth-order valence-electron chi connectivity index (χ4n) is 3.84. The molecule has 0 radical (unpaired) electrons. The highest BCUT2D eigenvalue weighted by molar-refractivity contribution is 14.0. The van der Waals surface area contributed by atoms with E-state index in [2.05, 4.69) is 69.1 Å². The van der Waals surface area contributed by atoms with Crippen LogP contribution >= 0.6 is 24.0 Å². The first-order valence-corrected chi connectivity index (χ1v) is 10.7. The van der Waals surface area contributed by atoms with Crippen LogP contribution in [0.3, 0.4) is 0 Å². The van der Waals surface area contributed by atoms with Crippen molar-refractivity contribution in [1.29, 1.82) is 0 Å². The Balaban J connectivity index is 0.00000300. The number of guanidine groups is 1. The van der Waals surface area contributed by atoms with E-state index in [9.17, 15) is 0 Å². The number of nitrogens with zero attached hydrogens (tertiary/aromatic N) is 2. The van der Waals surface area contributed by atoms with Gasteiger partial charge in [0.05, 0.1) is 19.3 Å². The fraction of sp³-hybridized carbons (Fsp3) is 0.696. The quantitative estimate of drug-likeness (QED) is 0.342. The predicted octanol–water partition coefficient (Wildman–Crippen LogP) is 4.59. The fourth-order valence-corrected chi connectivity index (χ4v) is 3.84. The average molecular weight is 515 g/mol. The molecule has 0 spiro atoms. The number of rotatable bonds is 6. The van der Waals surface area contributed by atoms with Crippen LogP contribution in [-0.2, 0) is 22.6 Å². The third-order valence-corrected chi connectivity index (χ3v) is 6.53. The molecule has 6 heteroatoms. The second kappa shape index (κ2) is 10.4. The molecule has 0 aliphatic carbocycles. The van der Waals surface area contributed by atoms with Gasteiger partial charge in [-0.1, -0.05) is 38.1 Å². The maximum Gasteiger partial charge on any atom is 0.194 e. The Kier molecular flexibility index (Phi) is 8.79. The molecule has 2 aliphatic rings. The number of benzene rings is 1. The van der Waals surface area contributed by atoms with Gasteiger partial charge < -0.3 is 19.7 Å². The molecule has 0 amide bonds. The third-order valence-electron chi connectivity index (χ3n) is 6.53. The number of likely N-dealkylation sites (tertiary alicyclic amines) is 1. The van der Waals surface area contributed by atoms with Crippen molar-refractivity contribution in [2.75, 3.05) is 26.3 Å². The zero-order chi connectivity index (χ0) is 20.2. The van der Waals surface area contributed by atoms with Gasteiger partial charge >= 0.3 is 0 Å². The molecule has 5 nitrogen and oxygen atoms in total. The molecule has 0 aromatic heterocycles. The van der Waals surface area contributed by atoms with Crippen LogP contribution in [0, 0.1) is 5.41 Å². The predicted molar refractivity (Wildman–Crippen MR) is 130 cm³/mol. The van der Waals surface area contributed by atoms with Crippen LogP contribution < -0.4 is 5.32 Å². The van der Waals surface area contributed by atoms with Crippen LogP contribution in [0.1, 0.15) is 58.6 Å². The highest BCUT2D eigenvalue weighted by Gasteiger charge is 2.53. The number of hydrogen-bond acceptors (Lipinski definition) is 3. The Labute approximate surface area is 193 Å². The van der Waals surface area contributed by atoms with Crippen molar-refractivity contribution in [2.24, 2.45) is 10.4 Å². The van der Waals surface area contributed by atoms with E-state index in [0.29, 0.717) is 24.7 Å². The van der Waals surface area contributed by atoms with E-state index >= 15 is 0 Å². The lowest BCUT2D eigenvalue weighted by Crippen LogP contribution is -2.72. The number of halogens is 1. The van der Waals surface area contributed by atoms with Gasteiger partial charge in [0.2, 0.25) is 0 Å². The van der Waals surface area contributed by atoms with Gasteiger partial charge in [-0.2, -0.15) is 0 Å². The van der Waals surface area contributed by atoms with Crippen LogP contribution in [0.15, 0.2) is 29.3 Å². The minimum absolute atomic E-state index is 0. The van der Waals surface area contributed by atoms with Gasteiger partial charge in [0, 0.05) is 37.3 Å². The lowest BCUT2D eigenvalue weighted by atomic mass is 9.65. The summed E-state index contributed by atoms with van der Waals surface area (Å²) in [6.45, 7) is 16.3. The second-order valence-corrected chi connectivity index (χ2v) is 9.14. The van der Waals surface area contributed by atoms with Crippen molar-refractivity contribution >= 4 is 29.9 Å². The molecule has 2 saturated heterocycles. The Morgan fingerprint density at radius 2 is 1.90 bits per heavy atom. The monoisotopic (exact) mass is 515 g/mol. The molecule has 2 heterocycles. The molecule has 1 aromatic carbocycles. The Hall–Kier alpha value is -0.860. The van der Waals surface area contributed by atoms with E-state index in [-0.39, 0.29) is 29.5 Å². The van der Waals surface area contributed by atoms with Crippen LogP contribution in [0.5, 0.6) is 0 Å². The van der Waals surface area contributed by atoms with Gasteiger partial charge in [0.15, 0.2) is 5.96 Å². The Morgan fingerprint density at radius 3 is 2.52 bits per heavy atom. The number of hydrogen-bond donors (Lipinski definition) is 1. The first-order chi connectivity index (χ1) is 13.3. The molecule has 0 bridgehead atoms. The molecule has 2 aliphatic heterocycles. The molecule has 1 N–H and O–H groups in total. The molecule has 164 valence electrons. The minimum Gasteiger partial charge on any atom is -0.381 e. The highest BCUT2D eigenvalue weighted by Crippen LogP contribution is 2.46. The number of ether oxygens (including phenoxy) is 2.